The molecule has 1 heterocycles. The maximum Gasteiger partial charge on any atom is 0.335 e. The van der Waals surface area contributed by atoms with E-state index in [1.807, 2.05) is 0 Å². The molecule has 2 amide bonds. The van der Waals surface area contributed by atoms with E-state index in [4.69, 9.17) is 14.6 Å². The summed E-state index contributed by atoms with van der Waals surface area (Å²) in [4.78, 5) is 22.9. The van der Waals surface area contributed by atoms with E-state index in [1.165, 1.54) is 12.1 Å². The Bertz CT molecular complexity index is 596. The number of amides is 2. The lowest BCUT2D eigenvalue weighted by Gasteiger charge is -2.36. The Labute approximate surface area is 140 Å². The summed E-state index contributed by atoms with van der Waals surface area (Å²) in [6.45, 7) is 1.58. The highest BCUT2D eigenvalue weighted by Crippen LogP contribution is 2.35. The van der Waals surface area contributed by atoms with Crippen LogP contribution in [0, 0.1) is 0 Å². The molecule has 1 saturated heterocycles. The van der Waals surface area contributed by atoms with Crippen LogP contribution in [0.15, 0.2) is 24.3 Å². The van der Waals surface area contributed by atoms with Crippen molar-refractivity contribution in [2.45, 2.75) is 44.1 Å². The van der Waals surface area contributed by atoms with Crippen molar-refractivity contribution in [2.75, 3.05) is 13.2 Å². The van der Waals surface area contributed by atoms with Crippen LogP contribution in [0.4, 0.5) is 4.79 Å². The molecule has 1 aromatic carbocycles. The maximum absolute atomic E-state index is 12.1. The predicted octanol–water partition coefficient (Wildman–Crippen LogP) is 1.87. The molecule has 130 valence electrons. The number of urea groups is 1. The van der Waals surface area contributed by atoms with Crippen LogP contribution in [0.3, 0.4) is 0 Å². The quantitative estimate of drug-likeness (QED) is 0.781. The van der Waals surface area contributed by atoms with Crippen molar-refractivity contribution in [3.63, 3.8) is 0 Å². The van der Waals surface area contributed by atoms with Crippen LogP contribution in [0.2, 0.25) is 0 Å². The number of carbonyl (C=O) groups excluding carboxylic acids is 1. The number of hydrogen-bond donors (Lipinski definition) is 3. The third-order valence-corrected chi connectivity index (χ3v) is 4.47. The van der Waals surface area contributed by atoms with E-state index in [0.29, 0.717) is 26.2 Å². The number of benzene rings is 1. The van der Waals surface area contributed by atoms with Crippen LogP contribution >= 0.6 is 0 Å². The third kappa shape index (κ3) is 4.04. The van der Waals surface area contributed by atoms with E-state index in [9.17, 15) is 9.59 Å². The van der Waals surface area contributed by atoms with Gasteiger partial charge in [-0.25, -0.2) is 9.59 Å². The molecule has 3 N–H and O–H groups in total. The Kier molecular flexibility index (Phi) is 5.01. The summed E-state index contributed by atoms with van der Waals surface area (Å²) in [5.41, 5.74) is 1.07. The SMILES string of the molecule is O=C(NCc1ccc(C(=O)O)cc1)NC1CCCC2(C1)OCCO2. The number of aromatic carboxylic acids is 1. The largest absolute Gasteiger partial charge is 0.478 e. The van der Waals surface area contributed by atoms with E-state index in [0.717, 1.165) is 24.8 Å². The summed E-state index contributed by atoms with van der Waals surface area (Å²) in [6, 6.07) is 6.23. The molecule has 0 bridgehead atoms. The summed E-state index contributed by atoms with van der Waals surface area (Å²) in [5, 5.41) is 14.6. The first kappa shape index (κ1) is 16.7. The van der Waals surface area contributed by atoms with Crippen LogP contribution in [0.1, 0.15) is 41.6 Å². The zero-order valence-corrected chi connectivity index (χ0v) is 13.4. The van der Waals surface area contributed by atoms with Crippen molar-refractivity contribution in [3.05, 3.63) is 35.4 Å². The fourth-order valence-corrected chi connectivity index (χ4v) is 3.26. The number of carboxylic acids is 1. The molecule has 1 spiro atoms. The summed E-state index contributed by atoms with van der Waals surface area (Å²) < 4.78 is 11.4. The minimum Gasteiger partial charge on any atom is -0.478 e. The highest BCUT2D eigenvalue weighted by Gasteiger charge is 2.41. The normalized spacial score (nSPS) is 22.2. The standard InChI is InChI=1S/C17H22N2O5/c20-15(21)13-5-3-12(4-6-13)11-18-16(22)19-14-2-1-7-17(10-14)23-8-9-24-17/h3-6,14H,1-2,7-11H2,(H,20,21)(H2,18,19,22). The van der Waals surface area contributed by atoms with Gasteiger partial charge in [-0.05, 0) is 30.5 Å². The van der Waals surface area contributed by atoms with Crippen molar-refractivity contribution in [2.24, 2.45) is 0 Å². The van der Waals surface area contributed by atoms with Crippen molar-refractivity contribution in [1.82, 2.24) is 10.6 Å². The summed E-state index contributed by atoms with van der Waals surface area (Å²) in [7, 11) is 0. The highest BCUT2D eigenvalue weighted by molar-refractivity contribution is 5.87. The number of rotatable bonds is 4. The molecule has 7 heteroatoms. The lowest BCUT2D eigenvalue weighted by atomic mass is 9.90. The molecule has 1 saturated carbocycles. The third-order valence-electron chi connectivity index (χ3n) is 4.47. The smallest absolute Gasteiger partial charge is 0.335 e. The number of carbonyl (C=O) groups is 2. The molecule has 1 atom stereocenters. The van der Waals surface area contributed by atoms with Crippen molar-refractivity contribution < 1.29 is 24.2 Å². The fourth-order valence-electron chi connectivity index (χ4n) is 3.26. The Morgan fingerprint density at radius 1 is 1.21 bits per heavy atom. The van der Waals surface area contributed by atoms with Crippen molar-refractivity contribution in [3.8, 4) is 0 Å². The second-order valence-corrected chi connectivity index (χ2v) is 6.23. The van der Waals surface area contributed by atoms with E-state index in [1.54, 1.807) is 12.1 Å². The Morgan fingerprint density at radius 3 is 2.58 bits per heavy atom. The predicted molar refractivity (Wildman–Crippen MR) is 85.7 cm³/mol. The highest BCUT2D eigenvalue weighted by atomic mass is 16.7. The lowest BCUT2D eigenvalue weighted by molar-refractivity contribution is -0.181. The van der Waals surface area contributed by atoms with Gasteiger partial charge in [0, 0.05) is 25.4 Å². The second-order valence-electron chi connectivity index (χ2n) is 6.23. The molecule has 24 heavy (non-hydrogen) atoms. The molecule has 1 aliphatic heterocycles. The summed E-state index contributed by atoms with van der Waals surface area (Å²) >= 11 is 0. The molecular formula is C17H22N2O5. The van der Waals surface area contributed by atoms with E-state index >= 15 is 0 Å². The van der Waals surface area contributed by atoms with Crippen LogP contribution in [-0.2, 0) is 16.0 Å². The number of ether oxygens (including phenoxy) is 2. The Hall–Kier alpha value is -2.12. The van der Waals surface area contributed by atoms with Crippen LogP contribution < -0.4 is 10.6 Å². The average molecular weight is 334 g/mol. The zero-order chi connectivity index (χ0) is 17.0. The van der Waals surface area contributed by atoms with Gasteiger partial charge in [-0.3, -0.25) is 0 Å². The van der Waals surface area contributed by atoms with Gasteiger partial charge in [-0.1, -0.05) is 12.1 Å². The van der Waals surface area contributed by atoms with Gasteiger partial charge in [-0.2, -0.15) is 0 Å². The van der Waals surface area contributed by atoms with Crippen molar-refractivity contribution in [1.29, 1.82) is 0 Å². The van der Waals surface area contributed by atoms with Crippen molar-refractivity contribution >= 4 is 12.0 Å². The van der Waals surface area contributed by atoms with Gasteiger partial charge in [0.2, 0.25) is 0 Å². The fraction of sp³-hybridized carbons (Fsp3) is 0.529. The van der Waals surface area contributed by atoms with Gasteiger partial charge < -0.3 is 25.2 Å². The molecule has 1 aliphatic carbocycles. The van der Waals surface area contributed by atoms with Crippen LogP contribution in [-0.4, -0.2) is 42.1 Å². The maximum atomic E-state index is 12.1. The number of nitrogens with one attached hydrogen (secondary N) is 2. The first-order valence-corrected chi connectivity index (χ1v) is 8.21. The first-order chi connectivity index (χ1) is 11.6. The molecule has 1 unspecified atom stereocenters. The van der Waals surface area contributed by atoms with E-state index in [-0.39, 0.29) is 17.6 Å². The van der Waals surface area contributed by atoms with E-state index < -0.39 is 11.8 Å². The summed E-state index contributed by atoms with van der Waals surface area (Å²) in [5.74, 6) is -1.47. The average Bonchev–Trinajstić information content (AvgIpc) is 3.01. The Morgan fingerprint density at radius 2 is 1.92 bits per heavy atom. The van der Waals surface area contributed by atoms with E-state index in [2.05, 4.69) is 10.6 Å². The van der Waals surface area contributed by atoms with Gasteiger partial charge in [0.1, 0.15) is 0 Å². The lowest BCUT2D eigenvalue weighted by Crippen LogP contribution is -2.49. The summed E-state index contributed by atoms with van der Waals surface area (Å²) in [6.07, 6.45) is 3.42. The number of hydrogen-bond acceptors (Lipinski definition) is 4. The molecular weight excluding hydrogens is 312 g/mol. The first-order valence-electron chi connectivity index (χ1n) is 8.21. The van der Waals surface area contributed by atoms with Gasteiger partial charge in [0.25, 0.3) is 0 Å². The molecule has 1 aromatic rings. The van der Waals surface area contributed by atoms with Gasteiger partial charge >= 0.3 is 12.0 Å². The van der Waals surface area contributed by atoms with Crippen LogP contribution in [0.25, 0.3) is 0 Å². The minimum absolute atomic E-state index is 0.0336. The topological polar surface area (TPSA) is 96.9 Å². The van der Waals surface area contributed by atoms with Gasteiger partial charge in [-0.15, -0.1) is 0 Å². The molecule has 7 nitrogen and oxygen atoms in total. The monoisotopic (exact) mass is 334 g/mol. The molecule has 2 fully saturated rings. The molecule has 3 rings (SSSR count). The zero-order valence-electron chi connectivity index (χ0n) is 13.4. The number of carboxylic acid groups (broad SMARTS) is 1. The minimum atomic E-state index is -0.963. The van der Waals surface area contributed by atoms with Crippen LogP contribution in [0.5, 0.6) is 0 Å². The van der Waals surface area contributed by atoms with Gasteiger partial charge in [0.15, 0.2) is 5.79 Å². The second kappa shape index (κ2) is 7.19. The molecule has 2 aliphatic rings. The molecule has 0 radical (unpaired) electrons. The molecule has 0 aromatic heterocycles. The Balaban J connectivity index is 1.46. The van der Waals surface area contributed by atoms with Gasteiger partial charge in [0.05, 0.1) is 18.8 Å².